The van der Waals surface area contributed by atoms with Gasteiger partial charge in [0.1, 0.15) is 17.5 Å². The molecule has 2 aromatic heterocycles. The molecule has 4 N–H and O–H groups in total. The van der Waals surface area contributed by atoms with Gasteiger partial charge in [-0.15, -0.1) is 0 Å². The molecule has 0 aliphatic carbocycles. The van der Waals surface area contributed by atoms with Gasteiger partial charge in [-0.1, -0.05) is 6.07 Å². The minimum absolute atomic E-state index is 0.0264. The lowest BCUT2D eigenvalue weighted by molar-refractivity contribution is -0.0937. The fourth-order valence-electron chi connectivity index (χ4n) is 3.08. The Labute approximate surface area is 179 Å². The zero-order chi connectivity index (χ0) is 22.9. The number of nitrogens with zero attached hydrogens (tertiary/aromatic N) is 3. The molecule has 0 saturated carbocycles. The van der Waals surface area contributed by atoms with Crippen molar-refractivity contribution in [2.75, 3.05) is 11.9 Å². The quantitative estimate of drug-likeness (QED) is 0.308. The molecule has 1 unspecified atom stereocenters. The highest BCUT2D eigenvalue weighted by Crippen LogP contribution is 2.31. The summed E-state index contributed by atoms with van der Waals surface area (Å²) in [5.41, 5.74) is 6.39. The van der Waals surface area contributed by atoms with Gasteiger partial charge >= 0.3 is 5.92 Å². The summed E-state index contributed by atoms with van der Waals surface area (Å²) in [4.78, 5) is 12.8. The van der Waals surface area contributed by atoms with Crippen molar-refractivity contribution in [3.63, 3.8) is 0 Å². The third kappa shape index (κ3) is 4.36. The first-order chi connectivity index (χ1) is 15.2. The predicted molar refractivity (Wildman–Crippen MR) is 112 cm³/mol. The van der Waals surface area contributed by atoms with Crippen LogP contribution < -0.4 is 11.1 Å². The number of anilines is 1. The van der Waals surface area contributed by atoms with Crippen LogP contribution in [0.15, 0.2) is 60.9 Å². The molecule has 0 saturated heterocycles. The molecule has 164 valence electrons. The minimum Gasteiger partial charge on any atom is -0.372 e. The standard InChI is InChI=1S/C22H17F4N5O/c23-14-4-5-15(17(24)9-14)12-3-6-18-16(8-12)20(29-11-22(25,26)21(27)32)31-19(30-18)13-2-1-7-28-10-13/h1-10,21,32H,11,27H2,(H,29,30,31). The van der Waals surface area contributed by atoms with E-state index in [1.807, 2.05) is 0 Å². The number of alkyl halides is 2. The maximum absolute atomic E-state index is 14.3. The van der Waals surface area contributed by atoms with Crippen LogP contribution in [-0.2, 0) is 0 Å². The van der Waals surface area contributed by atoms with Crippen LogP contribution >= 0.6 is 0 Å². The van der Waals surface area contributed by atoms with E-state index in [-0.39, 0.29) is 17.2 Å². The van der Waals surface area contributed by atoms with E-state index < -0.39 is 30.3 Å². The van der Waals surface area contributed by atoms with Crippen molar-refractivity contribution in [2.45, 2.75) is 12.2 Å². The molecule has 0 bridgehead atoms. The van der Waals surface area contributed by atoms with Crippen LogP contribution in [0.1, 0.15) is 0 Å². The molecule has 4 aromatic rings. The van der Waals surface area contributed by atoms with Gasteiger partial charge < -0.3 is 16.2 Å². The molecule has 0 aliphatic rings. The number of aliphatic hydroxyl groups excluding tert-OH is 1. The van der Waals surface area contributed by atoms with Gasteiger partial charge in [-0.25, -0.2) is 27.5 Å². The molecule has 0 spiro atoms. The first-order valence-corrected chi connectivity index (χ1v) is 9.47. The Bertz CT molecular complexity index is 1270. The average Bonchev–Trinajstić information content (AvgIpc) is 2.77. The van der Waals surface area contributed by atoms with Gasteiger partial charge in [-0.2, -0.15) is 0 Å². The smallest absolute Gasteiger partial charge is 0.303 e. The van der Waals surface area contributed by atoms with Gasteiger partial charge in [0, 0.05) is 35.0 Å². The second-order valence-corrected chi connectivity index (χ2v) is 7.05. The van der Waals surface area contributed by atoms with Crippen molar-refractivity contribution < 1.29 is 22.7 Å². The number of aromatic nitrogens is 3. The molecule has 32 heavy (non-hydrogen) atoms. The molecule has 0 aliphatic heterocycles. The Balaban J connectivity index is 1.84. The first-order valence-electron chi connectivity index (χ1n) is 9.47. The summed E-state index contributed by atoms with van der Waals surface area (Å²) in [6.07, 6.45) is 0.715. The number of pyridine rings is 1. The van der Waals surface area contributed by atoms with Crippen LogP contribution in [0.5, 0.6) is 0 Å². The summed E-state index contributed by atoms with van der Waals surface area (Å²) in [5.74, 6) is -4.87. The average molecular weight is 443 g/mol. The second-order valence-electron chi connectivity index (χ2n) is 7.05. The van der Waals surface area contributed by atoms with Crippen LogP contribution in [0, 0.1) is 11.6 Å². The normalized spacial score (nSPS) is 12.7. The van der Waals surface area contributed by atoms with E-state index in [9.17, 15) is 17.6 Å². The van der Waals surface area contributed by atoms with Gasteiger partial charge in [-0.3, -0.25) is 4.98 Å². The third-order valence-corrected chi connectivity index (χ3v) is 4.78. The largest absolute Gasteiger partial charge is 0.372 e. The highest BCUT2D eigenvalue weighted by atomic mass is 19.3. The summed E-state index contributed by atoms with van der Waals surface area (Å²) in [6.45, 7) is -1.00. The molecule has 2 heterocycles. The second kappa shape index (κ2) is 8.48. The van der Waals surface area contributed by atoms with Gasteiger partial charge in [0.2, 0.25) is 0 Å². The Morgan fingerprint density at radius 2 is 1.84 bits per heavy atom. The molecule has 2 aromatic carbocycles. The Kier molecular flexibility index (Phi) is 5.72. The summed E-state index contributed by atoms with van der Waals surface area (Å²) < 4.78 is 55.4. The van der Waals surface area contributed by atoms with Gasteiger partial charge in [0.25, 0.3) is 0 Å². The lowest BCUT2D eigenvalue weighted by atomic mass is 10.0. The molecule has 4 rings (SSSR count). The van der Waals surface area contributed by atoms with E-state index in [1.54, 1.807) is 30.5 Å². The number of hydrogen-bond donors (Lipinski definition) is 3. The number of fused-ring (bicyclic) bond motifs is 1. The minimum atomic E-state index is -3.63. The van der Waals surface area contributed by atoms with Crippen LogP contribution in [0.25, 0.3) is 33.4 Å². The number of nitrogens with one attached hydrogen (secondary N) is 1. The molecular weight excluding hydrogens is 426 g/mol. The molecule has 0 radical (unpaired) electrons. The highest BCUT2D eigenvalue weighted by Gasteiger charge is 2.36. The number of benzene rings is 2. The monoisotopic (exact) mass is 443 g/mol. The Morgan fingerprint density at radius 3 is 2.53 bits per heavy atom. The molecule has 6 nitrogen and oxygen atoms in total. The fourth-order valence-corrected chi connectivity index (χ4v) is 3.08. The third-order valence-electron chi connectivity index (χ3n) is 4.78. The lowest BCUT2D eigenvalue weighted by Crippen LogP contribution is -2.45. The predicted octanol–water partition coefficient (Wildman–Crippen LogP) is 3.96. The summed E-state index contributed by atoms with van der Waals surface area (Å²) in [6, 6.07) is 11.2. The van der Waals surface area contributed by atoms with Crippen molar-refractivity contribution >= 4 is 16.7 Å². The first kappa shape index (κ1) is 21.6. The highest BCUT2D eigenvalue weighted by molar-refractivity contribution is 5.94. The van der Waals surface area contributed by atoms with Crippen LogP contribution in [0.3, 0.4) is 0 Å². The van der Waals surface area contributed by atoms with Gasteiger partial charge in [-0.05, 0) is 42.0 Å². The molecule has 0 fully saturated rings. The SMILES string of the molecule is NC(O)C(F)(F)CNc1nc(-c2cccnc2)nc2ccc(-c3ccc(F)cc3F)cc12. The molecule has 10 heteroatoms. The van der Waals surface area contributed by atoms with Crippen molar-refractivity contribution in [1.29, 1.82) is 0 Å². The topological polar surface area (TPSA) is 97.0 Å². The number of hydrogen-bond acceptors (Lipinski definition) is 6. The Hall–Kier alpha value is -3.63. The summed E-state index contributed by atoms with van der Waals surface area (Å²) in [5, 5.41) is 12.0. The number of nitrogens with two attached hydrogens (primary N) is 1. The van der Waals surface area contributed by atoms with E-state index in [2.05, 4.69) is 20.3 Å². The van der Waals surface area contributed by atoms with E-state index in [4.69, 9.17) is 10.8 Å². The van der Waals surface area contributed by atoms with E-state index in [1.165, 1.54) is 18.3 Å². The maximum Gasteiger partial charge on any atom is 0.303 e. The van der Waals surface area contributed by atoms with Crippen LogP contribution in [0.4, 0.5) is 23.4 Å². The summed E-state index contributed by atoms with van der Waals surface area (Å²) >= 11 is 0. The summed E-state index contributed by atoms with van der Waals surface area (Å²) in [7, 11) is 0. The van der Waals surface area contributed by atoms with Crippen molar-refractivity contribution in [3.8, 4) is 22.5 Å². The van der Waals surface area contributed by atoms with Crippen LogP contribution in [0.2, 0.25) is 0 Å². The number of aliphatic hydroxyl groups is 1. The molecule has 0 amide bonds. The van der Waals surface area contributed by atoms with Crippen molar-refractivity contribution in [2.24, 2.45) is 5.73 Å². The van der Waals surface area contributed by atoms with E-state index in [0.717, 1.165) is 12.1 Å². The molecular formula is C22H17F4N5O. The van der Waals surface area contributed by atoms with E-state index >= 15 is 0 Å². The van der Waals surface area contributed by atoms with Gasteiger partial charge in [0.15, 0.2) is 12.1 Å². The van der Waals surface area contributed by atoms with Crippen molar-refractivity contribution in [1.82, 2.24) is 15.0 Å². The van der Waals surface area contributed by atoms with Crippen molar-refractivity contribution in [3.05, 3.63) is 72.6 Å². The van der Waals surface area contributed by atoms with E-state index in [0.29, 0.717) is 22.0 Å². The zero-order valence-corrected chi connectivity index (χ0v) is 16.4. The van der Waals surface area contributed by atoms with Gasteiger partial charge in [0.05, 0.1) is 12.1 Å². The molecule has 1 atom stereocenters. The zero-order valence-electron chi connectivity index (χ0n) is 16.4. The number of halogens is 4. The maximum atomic E-state index is 14.3. The lowest BCUT2D eigenvalue weighted by Gasteiger charge is -2.20. The Morgan fingerprint density at radius 1 is 1.03 bits per heavy atom. The fraction of sp³-hybridized carbons (Fsp3) is 0.136. The number of rotatable bonds is 6. The van der Waals surface area contributed by atoms with Crippen LogP contribution in [-0.4, -0.2) is 38.8 Å².